The lowest BCUT2D eigenvalue weighted by atomic mass is 10.2. The van der Waals surface area contributed by atoms with Gasteiger partial charge in [-0.2, -0.15) is 8.78 Å². The average Bonchev–Trinajstić information content (AvgIpc) is 2.77. The van der Waals surface area contributed by atoms with Crippen LogP contribution in [0.2, 0.25) is 0 Å². The molecule has 0 atom stereocenters. The van der Waals surface area contributed by atoms with Crippen molar-refractivity contribution in [1.29, 1.82) is 0 Å². The van der Waals surface area contributed by atoms with E-state index < -0.39 is 45.0 Å². The summed E-state index contributed by atoms with van der Waals surface area (Å²) >= 11 is 0. The summed E-state index contributed by atoms with van der Waals surface area (Å²) < 4.78 is 63.2. The number of amides is 3. The third kappa shape index (κ3) is 5.49. The van der Waals surface area contributed by atoms with Gasteiger partial charge < -0.3 is 19.5 Å². The summed E-state index contributed by atoms with van der Waals surface area (Å²) in [7, 11) is -4.80. The van der Waals surface area contributed by atoms with Gasteiger partial charge in [-0.05, 0) is 36.4 Å². The second-order valence-electron chi connectivity index (χ2n) is 6.27. The number of halogens is 2. The Kier molecular flexibility index (Phi) is 6.88. The minimum atomic E-state index is -4.80. The molecular formula is C19H16F2N2O8S. The van der Waals surface area contributed by atoms with Gasteiger partial charge >= 0.3 is 17.8 Å². The van der Waals surface area contributed by atoms with Crippen molar-refractivity contribution >= 4 is 33.4 Å². The molecule has 0 fully saturated rings. The van der Waals surface area contributed by atoms with E-state index in [-0.39, 0.29) is 5.56 Å². The highest BCUT2D eigenvalue weighted by molar-refractivity contribution is 7.91. The Hall–Kier alpha value is -3.74. The number of hydrogen-bond donors (Lipinski definition) is 2. The molecule has 0 unspecified atom stereocenters. The Balaban J connectivity index is 1.49. The van der Waals surface area contributed by atoms with Crippen LogP contribution in [0.5, 0.6) is 11.5 Å². The lowest BCUT2D eigenvalue weighted by Crippen LogP contribution is -2.37. The number of fused-ring (bicyclic) bond motifs is 1. The summed E-state index contributed by atoms with van der Waals surface area (Å²) in [6, 6.07) is 7.31. The van der Waals surface area contributed by atoms with Crippen molar-refractivity contribution in [3.05, 3.63) is 48.0 Å². The first-order valence-corrected chi connectivity index (χ1v) is 10.5. The molecule has 0 aliphatic carbocycles. The van der Waals surface area contributed by atoms with Gasteiger partial charge in [-0.25, -0.2) is 18.0 Å². The fourth-order valence-corrected chi connectivity index (χ4v) is 3.27. The summed E-state index contributed by atoms with van der Waals surface area (Å²) in [6.07, 6.45) is 0. The molecule has 0 radical (unpaired) electrons. The predicted molar refractivity (Wildman–Crippen MR) is 105 cm³/mol. The van der Waals surface area contributed by atoms with Gasteiger partial charge in [0.05, 0.1) is 10.5 Å². The number of urea groups is 1. The molecule has 1 aliphatic rings. The van der Waals surface area contributed by atoms with Crippen LogP contribution in [0.15, 0.2) is 47.4 Å². The number of anilines is 1. The van der Waals surface area contributed by atoms with Crippen LogP contribution >= 0.6 is 0 Å². The van der Waals surface area contributed by atoms with E-state index in [4.69, 9.17) is 14.2 Å². The number of hydrogen-bond acceptors (Lipinski definition) is 8. The SMILES string of the molecule is O=C(COC(=O)c1ccc(S(=O)(=O)C(F)F)cc1)NC(=O)Nc1ccc2c(c1)OCCO2. The number of rotatable bonds is 6. The summed E-state index contributed by atoms with van der Waals surface area (Å²) in [5.74, 6) is -4.61. The first-order valence-electron chi connectivity index (χ1n) is 8.96. The van der Waals surface area contributed by atoms with E-state index in [0.29, 0.717) is 30.4 Å². The zero-order chi connectivity index (χ0) is 23.3. The minimum Gasteiger partial charge on any atom is -0.486 e. The maximum absolute atomic E-state index is 12.5. The number of alkyl halides is 2. The van der Waals surface area contributed by atoms with Crippen LogP contribution in [0.25, 0.3) is 0 Å². The number of imide groups is 1. The highest BCUT2D eigenvalue weighted by Gasteiger charge is 2.26. The molecule has 2 N–H and O–H groups in total. The highest BCUT2D eigenvalue weighted by Crippen LogP contribution is 2.32. The molecule has 1 aliphatic heterocycles. The molecule has 2 aromatic carbocycles. The topological polar surface area (TPSA) is 137 Å². The molecule has 0 spiro atoms. The molecule has 3 amide bonds. The van der Waals surface area contributed by atoms with Gasteiger partial charge in [0.25, 0.3) is 5.91 Å². The largest absolute Gasteiger partial charge is 0.486 e. The van der Waals surface area contributed by atoms with E-state index in [1.165, 1.54) is 12.1 Å². The molecule has 3 rings (SSSR count). The van der Waals surface area contributed by atoms with Gasteiger partial charge in [0.1, 0.15) is 13.2 Å². The standard InChI is InChI=1S/C19H16F2N2O8S/c20-18(21)32(27,28)13-4-1-11(2-5-13)17(25)31-10-16(24)23-19(26)22-12-3-6-14-15(9-12)30-8-7-29-14/h1-6,9,18H,7-8,10H2,(H2,22,23,24,26). The minimum absolute atomic E-state index is 0.174. The second-order valence-corrected chi connectivity index (χ2v) is 8.18. The molecule has 32 heavy (non-hydrogen) atoms. The molecule has 2 aromatic rings. The van der Waals surface area contributed by atoms with Crippen LogP contribution in [0.4, 0.5) is 19.3 Å². The van der Waals surface area contributed by atoms with E-state index in [2.05, 4.69) is 5.32 Å². The van der Waals surface area contributed by atoms with Crippen molar-refractivity contribution < 1.29 is 45.8 Å². The van der Waals surface area contributed by atoms with Crippen LogP contribution in [0.3, 0.4) is 0 Å². The van der Waals surface area contributed by atoms with E-state index >= 15 is 0 Å². The van der Waals surface area contributed by atoms with Gasteiger partial charge in [-0.1, -0.05) is 0 Å². The van der Waals surface area contributed by atoms with Crippen molar-refractivity contribution in [2.75, 3.05) is 25.1 Å². The average molecular weight is 470 g/mol. The molecule has 0 bridgehead atoms. The first kappa shape index (κ1) is 22.9. The number of carbonyl (C=O) groups excluding carboxylic acids is 3. The van der Waals surface area contributed by atoms with Crippen LogP contribution in [0.1, 0.15) is 10.4 Å². The molecule has 0 aromatic heterocycles. The number of nitrogens with one attached hydrogen (secondary N) is 2. The van der Waals surface area contributed by atoms with Crippen LogP contribution in [-0.4, -0.2) is 51.9 Å². The van der Waals surface area contributed by atoms with Gasteiger partial charge in [0.15, 0.2) is 18.1 Å². The lowest BCUT2D eigenvalue weighted by Gasteiger charge is -2.19. The fraction of sp³-hybridized carbons (Fsp3) is 0.211. The second kappa shape index (κ2) is 9.60. The number of carbonyl (C=O) groups is 3. The monoisotopic (exact) mass is 470 g/mol. The lowest BCUT2D eigenvalue weighted by molar-refractivity contribution is -0.123. The smallest absolute Gasteiger partial charge is 0.341 e. The van der Waals surface area contributed by atoms with Crippen molar-refractivity contribution in [2.45, 2.75) is 10.7 Å². The summed E-state index contributed by atoms with van der Waals surface area (Å²) in [4.78, 5) is 35.0. The Labute approximate surface area is 180 Å². The zero-order valence-corrected chi connectivity index (χ0v) is 17.0. The van der Waals surface area contributed by atoms with E-state index in [9.17, 15) is 31.6 Å². The molecule has 10 nitrogen and oxygen atoms in total. The Morgan fingerprint density at radius 2 is 1.66 bits per heavy atom. The normalized spacial score (nSPS) is 12.7. The number of sulfone groups is 1. The summed E-state index contributed by atoms with van der Waals surface area (Å²) in [5, 5.41) is 4.36. The van der Waals surface area contributed by atoms with E-state index in [0.717, 1.165) is 24.3 Å². The molecule has 0 saturated heterocycles. The predicted octanol–water partition coefficient (Wildman–Crippen LogP) is 1.96. The third-order valence-electron chi connectivity index (χ3n) is 4.04. The van der Waals surface area contributed by atoms with Crippen molar-refractivity contribution in [2.24, 2.45) is 0 Å². The molecule has 170 valence electrons. The highest BCUT2D eigenvalue weighted by atomic mass is 32.2. The van der Waals surface area contributed by atoms with Crippen LogP contribution in [-0.2, 0) is 19.4 Å². The van der Waals surface area contributed by atoms with Gasteiger partial charge in [-0.15, -0.1) is 0 Å². The van der Waals surface area contributed by atoms with Crippen LogP contribution in [0, 0.1) is 0 Å². The molecule has 13 heteroatoms. The van der Waals surface area contributed by atoms with Crippen molar-refractivity contribution in [3.63, 3.8) is 0 Å². The third-order valence-corrected chi connectivity index (χ3v) is 5.44. The summed E-state index contributed by atoms with van der Waals surface area (Å²) in [5.41, 5.74) is 0.155. The number of ether oxygens (including phenoxy) is 3. The number of esters is 1. The molecular weight excluding hydrogens is 454 g/mol. The Bertz CT molecular complexity index is 1140. The van der Waals surface area contributed by atoms with Gasteiger partial charge in [0, 0.05) is 11.8 Å². The summed E-state index contributed by atoms with van der Waals surface area (Å²) in [6.45, 7) is -0.0474. The Morgan fingerprint density at radius 1 is 1.00 bits per heavy atom. The van der Waals surface area contributed by atoms with Crippen LogP contribution < -0.4 is 20.1 Å². The molecule has 1 heterocycles. The quantitative estimate of drug-likeness (QED) is 0.612. The van der Waals surface area contributed by atoms with Gasteiger partial charge in [0.2, 0.25) is 9.84 Å². The number of benzene rings is 2. The zero-order valence-electron chi connectivity index (χ0n) is 16.2. The van der Waals surface area contributed by atoms with E-state index in [1.54, 1.807) is 6.07 Å². The van der Waals surface area contributed by atoms with Crippen molar-refractivity contribution in [3.8, 4) is 11.5 Å². The maximum Gasteiger partial charge on any atom is 0.341 e. The maximum atomic E-state index is 12.5. The van der Waals surface area contributed by atoms with Gasteiger partial charge in [-0.3, -0.25) is 10.1 Å². The van der Waals surface area contributed by atoms with Crippen molar-refractivity contribution in [1.82, 2.24) is 5.32 Å². The first-order chi connectivity index (χ1) is 15.2. The molecule has 0 saturated carbocycles. The van der Waals surface area contributed by atoms with E-state index in [1.807, 2.05) is 5.32 Å². The fourth-order valence-electron chi connectivity index (χ4n) is 2.54. The Morgan fingerprint density at radius 3 is 2.31 bits per heavy atom.